The van der Waals surface area contributed by atoms with Crippen LogP contribution in [0.4, 0.5) is 29.6 Å². The average molecular weight is 647 g/mol. The fourth-order valence-electron chi connectivity index (χ4n) is 5.54. The van der Waals surface area contributed by atoms with Crippen LogP contribution in [0.3, 0.4) is 0 Å². The summed E-state index contributed by atoms with van der Waals surface area (Å²) >= 11 is 0. The van der Waals surface area contributed by atoms with Crippen LogP contribution in [-0.2, 0) is 27.0 Å². The Morgan fingerprint density at radius 3 is 2.57 bits per heavy atom. The number of aromatic nitrogens is 4. The van der Waals surface area contributed by atoms with Gasteiger partial charge in [-0.15, -0.1) is 5.10 Å². The quantitative estimate of drug-likeness (QED) is 0.314. The topological polar surface area (TPSA) is 138 Å². The van der Waals surface area contributed by atoms with E-state index >= 15 is 0 Å². The van der Waals surface area contributed by atoms with Gasteiger partial charge in [-0.2, -0.15) is 13.2 Å². The molecule has 0 aromatic carbocycles. The van der Waals surface area contributed by atoms with E-state index in [0.29, 0.717) is 76.8 Å². The molecule has 5 rings (SSSR count). The molecule has 2 fully saturated rings. The number of amides is 1. The van der Waals surface area contributed by atoms with E-state index in [1.165, 1.54) is 6.08 Å². The number of alkyl halides is 3. The molecule has 248 valence electrons. The maximum absolute atomic E-state index is 14.3. The van der Waals surface area contributed by atoms with Gasteiger partial charge in [0.25, 0.3) is 0 Å². The number of methoxy groups -OCH3 is 1. The van der Waals surface area contributed by atoms with Crippen molar-refractivity contribution in [2.24, 2.45) is 0 Å². The lowest BCUT2D eigenvalue weighted by Gasteiger charge is -2.37. The normalized spacial score (nSPS) is 17.5. The summed E-state index contributed by atoms with van der Waals surface area (Å²) in [5, 5.41) is 17.2. The third-order valence-corrected chi connectivity index (χ3v) is 7.91. The molecule has 1 atom stereocenters. The number of rotatable bonds is 10. The molecule has 1 unspecified atom stereocenters. The second kappa shape index (κ2) is 14.5. The molecule has 0 spiro atoms. The Kier molecular flexibility index (Phi) is 10.5. The van der Waals surface area contributed by atoms with Crippen molar-refractivity contribution in [3.05, 3.63) is 47.8 Å². The van der Waals surface area contributed by atoms with Crippen LogP contribution >= 0.6 is 0 Å². The van der Waals surface area contributed by atoms with E-state index in [0.717, 1.165) is 24.9 Å². The number of carbonyl (C=O) groups is 2. The predicted molar refractivity (Wildman–Crippen MR) is 162 cm³/mol. The summed E-state index contributed by atoms with van der Waals surface area (Å²) in [5.74, 6) is -0.0292. The van der Waals surface area contributed by atoms with E-state index in [2.05, 4.69) is 30.0 Å². The number of pyridine rings is 1. The van der Waals surface area contributed by atoms with Gasteiger partial charge in [0.05, 0.1) is 31.5 Å². The van der Waals surface area contributed by atoms with Crippen LogP contribution in [0.1, 0.15) is 30.9 Å². The third-order valence-electron chi connectivity index (χ3n) is 7.91. The highest BCUT2D eigenvalue weighted by molar-refractivity contribution is 5.89. The summed E-state index contributed by atoms with van der Waals surface area (Å²) in [6.45, 7) is 6.87. The Balaban J connectivity index is 1.39. The second-order valence-corrected chi connectivity index (χ2v) is 11.1. The molecule has 3 aromatic heterocycles. The van der Waals surface area contributed by atoms with Gasteiger partial charge in [0, 0.05) is 64.6 Å². The van der Waals surface area contributed by atoms with Gasteiger partial charge in [-0.1, -0.05) is 6.08 Å². The van der Waals surface area contributed by atoms with Crippen LogP contribution in [0, 0.1) is 0 Å². The van der Waals surface area contributed by atoms with Crippen molar-refractivity contribution in [2.75, 3.05) is 69.8 Å². The zero-order chi connectivity index (χ0) is 32.8. The van der Waals surface area contributed by atoms with E-state index in [1.807, 2.05) is 15.9 Å². The van der Waals surface area contributed by atoms with Crippen molar-refractivity contribution >= 4 is 29.0 Å². The first-order chi connectivity index (χ1) is 22.0. The maximum Gasteiger partial charge on any atom is 0.417 e. The maximum atomic E-state index is 14.3. The summed E-state index contributed by atoms with van der Waals surface area (Å²) in [7, 11) is 1.10. The lowest BCUT2D eigenvalue weighted by molar-refractivity contribution is -0.137. The number of ether oxygens (including phenoxy) is 2. The highest BCUT2D eigenvalue weighted by Crippen LogP contribution is 2.38. The van der Waals surface area contributed by atoms with E-state index in [1.54, 1.807) is 23.7 Å². The largest absolute Gasteiger partial charge is 0.453 e. The van der Waals surface area contributed by atoms with E-state index < -0.39 is 24.1 Å². The van der Waals surface area contributed by atoms with Gasteiger partial charge in [-0.25, -0.2) is 19.3 Å². The number of ketones is 1. The number of nitrogens with zero attached hydrogens (tertiary/aromatic N) is 7. The third kappa shape index (κ3) is 7.99. The minimum atomic E-state index is -4.79. The molecule has 0 aliphatic carbocycles. The summed E-state index contributed by atoms with van der Waals surface area (Å²) in [6.07, 6.45) is 0.199. The Labute approximate surface area is 263 Å². The number of aliphatic hydroxyl groups excluding tert-OH is 1. The standard InChI is InChI=1S/C30H37F3N8O5/c1-3-4-21(42)5-6-26(43)39-9-7-38(8-10-39)18-20-15-24-28(40-11-13-46-14-12-40)36-27(37-41(24)19-20)22-17-34-25(35-29(44)45-2)16-23(22)30(31,32)33/h3-4,15-17,19,26,43H,5-14,18H2,1-2H3,(H,34,35,44)/b4-3-. The van der Waals surface area contributed by atoms with Gasteiger partial charge in [-0.3, -0.25) is 19.9 Å². The van der Waals surface area contributed by atoms with Gasteiger partial charge in [0.15, 0.2) is 17.4 Å². The summed E-state index contributed by atoms with van der Waals surface area (Å²) in [5.41, 5.74) is 0.154. The van der Waals surface area contributed by atoms with Crippen LogP contribution in [-0.4, -0.2) is 112 Å². The van der Waals surface area contributed by atoms with Crippen LogP contribution in [0.15, 0.2) is 36.7 Å². The van der Waals surface area contributed by atoms with Crippen molar-refractivity contribution in [2.45, 2.75) is 38.7 Å². The van der Waals surface area contributed by atoms with Crippen LogP contribution in [0.5, 0.6) is 0 Å². The molecule has 16 heteroatoms. The molecule has 5 heterocycles. The van der Waals surface area contributed by atoms with Gasteiger partial charge in [0.2, 0.25) is 0 Å². The molecular weight excluding hydrogens is 609 g/mol. The summed E-state index contributed by atoms with van der Waals surface area (Å²) < 4.78 is 54.3. The molecule has 0 saturated carbocycles. The van der Waals surface area contributed by atoms with Crippen molar-refractivity contribution < 1.29 is 37.3 Å². The van der Waals surface area contributed by atoms with Crippen molar-refractivity contribution in [1.29, 1.82) is 0 Å². The number of anilines is 2. The Morgan fingerprint density at radius 2 is 1.89 bits per heavy atom. The fourth-order valence-corrected chi connectivity index (χ4v) is 5.54. The number of hydrogen-bond donors (Lipinski definition) is 2. The second-order valence-electron chi connectivity index (χ2n) is 11.1. The minimum absolute atomic E-state index is 0.0119. The Bertz CT molecular complexity index is 1570. The molecule has 2 aliphatic rings. The number of aliphatic hydroxyl groups is 1. The van der Waals surface area contributed by atoms with E-state index in [9.17, 15) is 27.9 Å². The fraction of sp³-hybridized carbons (Fsp3) is 0.500. The SMILES string of the molecule is C/C=C\C(=O)CCC(O)N1CCN(Cc2cc3c(N4CCOCC4)nc(-c4cnc(NC(=O)OC)cc4C(F)(F)F)nn3c2)CC1. The zero-order valence-corrected chi connectivity index (χ0v) is 25.7. The number of fused-ring (bicyclic) bond motifs is 1. The smallest absolute Gasteiger partial charge is 0.417 e. The highest BCUT2D eigenvalue weighted by atomic mass is 19.4. The first-order valence-corrected chi connectivity index (χ1v) is 15.0. The molecule has 2 saturated heterocycles. The highest BCUT2D eigenvalue weighted by Gasteiger charge is 2.36. The van der Waals surface area contributed by atoms with Crippen molar-refractivity contribution in [3.63, 3.8) is 0 Å². The number of carbonyl (C=O) groups excluding carboxylic acids is 2. The molecule has 0 bridgehead atoms. The predicted octanol–water partition coefficient (Wildman–Crippen LogP) is 3.19. The van der Waals surface area contributed by atoms with Gasteiger partial charge in [0.1, 0.15) is 17.6 Å². The Hall–Kier alpha value is -4.12. The van der Waals surface area contributed by atoms with Gasteiger partial charge in [-0.05, 0) is 37.1 Å². The van der Waals surface area contributed by atoms with E-state index in [4.69, 9.17) is 4.74 Å². The van der Waals surface area contributed by atoms with E-state index in [-0.39, 0.29) is 29.4 Å². The summed E-state index contributed by atoms with van der Waals surface area (Å²) in [6, 6.07) is 2.67. The first kappa shape index (κ1) is 33.2. The monoisotopic (exact) mass is 646 g/mol. The number of allylic oxidation sites excluding steroid dienone is 2. The lowest BCUT2D eigenvalue weighted by Crippen LogP contribution is -2.50. The molecule has 3 aromatic rings. The minimum Gasteiger partial charge on any atom is -0.453 e. The molecule has 13 nitrogen and oxygen atoms in total. The molecule has 46 heavy (non-hydrogen) atoms. The van der Waals surface area contributed by atoms with Crippen LogP contribution in [0.2, 0.25) is 0 Å². The van der Waals surface area contributed by atoms with Crippen LogP contribution < -0.4 is 10.2 Å². The molecule has 1 amide bonds. The van der Waals surface area contributed by atoms with Crippen LogP contribution in [0.25, 0.3) is 16.9 Å². The molecule has 2 N–H and O–H groups in total. The lowest BCUT2D eigenvalue weighted by atomic mass is 10.1. The van der Waals surface area contributed by atoms with Gasteiger partial charge < -0.3 is 19.5 Å². The number of hydrogen-bond acceptors (Lipinski definition) is 11. The Morgan fingerprint density at radius 1 is 1.15 bits per heavy atom. The molecule has 0 radical (unpaired) electrons. The number of piperazine rings is 1. The van der Waals surface area contributed by atoms with Gasteiger partial charge >= 0.3 is 12.3 Å². The number of nitrogens with one attached hydrogen (secondary N) is 1. The average Bonchev–Trinajstić information content (AvgIpc) is 3.46. The van der Waals surface area contributed by atoms with Crippen molar-refractivity contribution in [3.8, 4) is 11.4 Å². The van der Waals surface area contributed by atoms with Crippen molar-refractivity contribution in [1.82, 2.24) is 29.4 Å². The summed E-state index contributed by atoms with van der Waals surface area (Å²) in [4.78, 5) is 38.1. The number of halogens is 3. The molecular formula is C30H37F3N8O5. The first-order valence-electron chi connectivity index (χ1n) is 15.0. The zero-order valence-electron chi connectivity index (χ0n) is 25.7. The molecule has 2 aliphatic heterocycles. The number of morpholine rings is 1.